The van der Waals surface area contributed by atoms with Crippen molar-refractivity contribution in [2.45, 2.75) is 26.2 Å². The molecule has 0 spiro atoms. The second-order valence-corrected chi connectivity index (χ2v) is 6.77. The minimum absolute atomic E-state index is 0.0135. The number of anilines is 1. The highest BCUT2D eigenvalue weighted by molar-refractivity contribution is 6.00. The van der Waals surface area contributed by atoms with Gasteiger partial charge >= 0.3 is 0 Å². The van der Waals surface area contributed by atoms with Crippen LogP contribution in [0.15, 0.2) is 54.6 Å². The number of ether oxygens (including phenoxy) is 1. The van der Waals surface area contributed by atoms with Crippen molar-refractivity contribution < 1.29 is 14.3 Å². The van der Waals surface area contributed by atoms with Gasteiger partial charge in [0.1, 0.15) is 5.75 Å². The van der Waals surface area contributed by atoms with Gasteiger partial charge in [0.05, 0.1) is 12.5 Å². The second-order valence-electron chi connectivity index (χ2n) is 6.77. The van der Waals surface area contributed by atoms with Gasteiger partial charge in [-0.15, -0.1) is 0 Å². The first-order chi connectivity index (χ1) is 13.2. The van der Waals surface area contributed by atoms with Gasteiger partial charge in [0.25, 0.3) is 0 Å². The molecule has 142 valence electrons. The summed E-state index contributed by atoms with van der Waals surface area (Å²) in [6.45, 7) is 3.73. The highest BCUT2D eigenvalue weighted by Gasteiger charge is 2.34. The fourth-order valence-corrected chi connectivity index (χ4v) is 3.19. The van der Waals surface area contributed by atoms with Gasteiger partial charge in [-0.05, 0) is 42.7 Å². The largest absolute Gasteiger partial charge is 0.494 e. The SMILES string of the molecule is CCCOc1ccc(N2C[C@H](C(=O)NCCc3ccccc3)CC2=O)cc1. The fraction of sp³-hybridized carbons (Fsp3) is 0.364. The van der Waals surface area contributed by atoms with E-state index in [0.29, 0.717) is 19.7 Å². The molecule has 1 fully saturated rings. The van der Waals surface area contributed by atoms with Crippen molar-refractivity contribution in [1.29, 1.82) is 0 Å². The van der Waals surface area contributed by atoms with E-state index in [-0.39, 0.29) is 24.2 Å². The summed E-state index contributed by atoms with van der Waals surface area (Å²) in [6.07, 6.45) is 1.99. The van der Waals surface area contributed by atoms with E-state index in [9.17, 15) is 9.59 Å². The Morgan fingerprint density at radius 1 is 1.15 bits per heavy atom. The number of rotatable bonds is 8. The Morgan fingerprint density at radius 2 is 1.89 bits per heavy atom. The molecule has 1 aliphatic rings. The van der Waals surface area contributed by atoms with Crippen molar-refractivity contribution in [3.8, 4) is 5.75 Å². The average molecular weight is 366 g/mol. The number of carbonyl (C=O) groups is 2. The molecule has 2 amide bonds. The Labute approximate surface area is 160 Å². The Balaban J connectivity index is 1.51. The van der Waals surface area contributed by atoms with Crippen molar-refractivity contribution in [3.05, 3.63) is 60.2 Å². The van der Waals surface area contributed by atoms with Crippen LogP contribution in [0.2, 0.25) is 0 Å². The third-order valence-electron chi connectivity index (χ3n) is 4.67. The molecule has 0 aromatic heterocycles. The summed E-state index contributed by atoms with van der Waals surface area (Å²) in [5.41, 5.74) is 2.00. The predicted molar refractivity (Wildman–Crippen MR) is 106 cm³/mol. The smallest absolute Gasteiger partial charge is 0.227 e. The average Bonchev–Trinajstić information content (AvgIpc) is 3.09. The number of hydrogen-bond acceptors (Lipinski definition) is 3. The molecule has 0 unspecified atom stereocenters. The fourth-order valence-electron chi connectivity index (χ4n) is 3.19. The lowest BCUT2D eigenvalue weighted by atomic mass is 10.1. The van der Waals surface area contributed by atoms with E-state index in [2.05, 4.69) is 12.2 Å². The molecule has 0 saturated carbocycles. The van der Waals surface area contributed by atoms with E-state index in [1.807, 2.05) is 54.6 Å². The van der Waals surface area contributed by atoms with Crippen LogP contribution in [0, 0.1) is 5.92 Å². The summed E-state index contributed by atoms with van der Waals surface area (Å²) in [7, 11) is 0. The van der Waals surface area contributed by atoms with Gasteiger partial charge in [0, 0.05) is 25.2 Å². The van der Waals surface area contributed by atoms with Crippen molar-refractivity contribution in [1.82, 2.24) is 5.32 Å². The summed E-state index contributed by atoms with van der Waals surface area (Å²) in [4.78, 5) is 26.5. The molecule has 3 rings (SSSR count). The molecular formula is C22H26N2O3. The summed E-state index contributed by atoms with van der Waals surface area (Å²) < 4.78 is 5.57. The van der Waals surface area contributed by atoms with Crippen molar-refractivity contribution in [2.24, 2.45) is 5.92 Å². The lowest BCUT2D eigenvalue weighted by Gasteiger charge is -2.17. The van der Waals surface area contributed by atoms with Gasteiger partial charge in [-0.3, -0.25) is 9.59 Å². The summed E-state index contributed by atoms with van der Waals surface area (Å²) in [5.74, 6) is 0.428. The Kier molecular flexibility index (Phi) is 6.47. The molecule has 27 heavy (non-hydrogen) atoms. The van der Waals surface area contributed by atoms with Gasteiger partial charge in [-0.2, -0.15) is 0 Å². The number of benzene rings is 2. The lowest BCUT2D eigenvalue weighted by molar-refractivity contribution is -0.126. The Morgan fingerprint density at radius 3 is 2.59 bits per heavy atom. The second kappa shape index (κ2) is 9.21. The third kappa shape index (κ3) is 5.09. The van der Waals surface area contributed by atoms with E-state index in [4.69, 9.17) is 4.74 Å². The molecule has 0 bridgehead atoms. The summed E-state index contributed by atoms with van der Waals surface area (Å²) in [5, 5.41) is 2.96. The van der Waals surface area contributed by atoms with Crippen LogP contribution in [-0.4, -0.2) is 31.5 Å². The van der Waals surface area contributed by atoms with Gasteiger partial charge in [-0.25, -0.2) is 0 Å². The molecule has 5 nitrogen and oxygen atoms in total. The van der Waals surface area contributed by atoms with E-state index >= 15 is 0 Å². The maximum absolute atomic E-state index is 12.4. The molecule has 1 N–H and O–H groups in total. The summed E-state index contributed by atoms with van der Waals surface area (Å²) >= 11 is 0. The van der Waals surface area contributed by atoms with Crippen LogP contribution in [0.25, 0.3) is 0 Å². The van der Waals surface area contributed by atoms with Crippen LogP contribution < -0.4 is 15.0 Å². The lowest BCUT2D eigenvalue weighted by Crippen LogP contribution is -2.34. The first kappa shape index (κ1) is 19.0. The van der Waals surface area contributed by atoms with Crippen LogP contribution >= 0.6 is 0 Å². The minimum Gasteiger partial charge on any atom is -0.494 e. The van der Waals surface area contributed by atoms with Crippen LogP contribution in [0.1, 0.15) is 25.3 Å². The number of nitrogens with one attached hydrogen (secondary N) is 1. The van der Waals surface area contributed by atoms with E-state index in [1.54, 1.807) is 4.90 Å². The first-order valence-electron chi connectivity index (χ1n) is 9.52. The topological polar surface area (TPSA) is 58.6 Å². The number of carbonyl (C=O) groups excluding carboxylic acids is 2. The number of amides is 2. The monoisotopic (exact) mass is 366 g/mol. The Hall–Kier alpha value is -2.82. The summed E-state index contributed by atoms with van der Waals surface area (Å²) in [6, 6.07) is 17.5. The standard InChI is InChI=1S/C22H26N2O3/c1-2-14-27-20-10-8-19(9-11-20)24-16-18(15-21(24)25)22(26)23-13-12-17-6-4-3-5-7-17/h3-11,18H,2,12-16H2,1H3,(H,23,26)/t18-/m1/s1. The molecule has 1 heterocycles. The molecule has 0 aliphatic carbocycles. The van der Waals surface area contributed by atoms with Crippen molar-refractivity contribution >= 4 is 17.5 Å². The zero-order valence-corrected chi connectivity index (χ0v) is 15.7. The van der Waals surface area contributed by atoms with E-state index in [0.717, 1.165) is 24.3 Å². The van der Waals surface area contributed by atoms with Gasteiger partial charge in [-0.1, -0.05) is 37.3 Å². The van der Waals surface area contributed by atoms with Crippen LogP contribution in [0.5, 0.6) is 5.75 Å². The highest BCUT2D eigenvalue weighted by atomic mass is 16.5. The van der Waals surface area contributed by atoms with Crippen molar-refractivity contribution in [2.75, 3.05) is 24.6 Å². The third-order valence-corrected chi connectivity index (χ3v) is 4.67. The molecule has 5 heteroatoms. The number of hydrogen-bond donors (Lipinski definition) is 1. The van der Waals surface area contributed by atoms with Gasteiger partial charge in [0.2, 0.25) is 11.8 Å². The van der Waals surface area contributed by atoms with E-state index < -0.39 is 0 Å². The normalized spacial score (nSPS) is 16.4. The Bertz CT molecular complexity index is 759. The quantitative estimate of drug-likeness (QED) is 0.781. The predicted octanol–water partition coefficient (Wildman–Crippen LogP) is 3.19. The molecular weight excluding hydrogens is 340 g/mol. The van der Waals surface area contributed by atoms with Gasteiger partial charge in [0.15, 0.2) is 0 Å². The minimum atomic E-state index is -0.302. The molecule has 0 radical (unpaired) electrons. The van der Waals surface area contributed by atoms with Crippen LogP contribution in [-0.2, 0) is 16.0 Å². The maximum Gasteiger partial charge on any atom is 0.227 e. The first-order valence-corrected chi connectivity index (χ1v) is 9.52. The maximum atomic E-state index is 12.4. The zero-order chi connectivity index (χ0) is 19.1. The molecule has 2 aromatic rings. The van der Waals surface area contributed by atoms with Crippen LogP contribution in [0.4, 0.5) is 5.69 Å². The van der Waals surface area contributed by atoms with E-state index in [1.165, 1.54) is 5.56 Å². The van der Waals surface area contributed by atoms with Gasteiger partial charge < -0.3 is 15.0 Å². The molecule has 2 aromatic carbocycles. The van der Waals surface area contributed by atoms with Crippen LogP contribution in [0.3, 0.4) is 0 Å². The molecule has 1 atom stereocenters. The van der Waals surface area contributed by atoms with Crippen molar-refractivity contribution in [3.63, 3.8) is 0 Å². The number of nitrogens with zero attached hydrogens (tertiary/aromatic N) is 1. The molecule has 1 saturated heterocycles. The highest BCUT2D eigenvalue weighted by Crippen LogP contribution is 2.27. The molecule has 1 aliphatic heterocycles. The zero-order valence-electron chi connectivity index (χ0n) is 15.7.